The number of phenols is 1. The Balaban J connectivity index is 1.84. The fourth-order valence-electron chi connectivity index (χ4n) is 1.73. The number of amides is 1. The quantitative estimate of drug-likeness (QED) is 0.790. The van der Waals surface area contributed by atoms with Crippen molar-refractivity contribution in [3.8, 4) is 5.75 Å². The van der Waals surface area contributed by atoms with Crippen LogP contribution in [0.3, 0.4) is 0 Å². The molecule has 1 aromatic carbocycles. The molecule has 1 heterocycles. The highest BCUT2D eigenvalue weighted by Crippen LogP contribution is 2.21. The first kappa shape index (κ1) is 14.0. The third-order valence-electron chi connectivity index (χ3n) is 2.73. The summed E-state index contributed by atoms with van der Waals surface area (Å²) in [4.78, 5) is 15.9. The van der Waals surface area contributed by atoms with Crippen molar-refractivity contribution in [3.63, 3.8) is 0 Å². The molecule has 0 radical (unpaired) electrons. The molecule has 0 saturated carbocycles. The number of hydrogen-bond donors (Lipinski definition) is 2. The van der Waals surface area contributed by atoms with Gasteiger partial charge in [0.2, 0.25) is 11.8 Å². The van der Waals surface area contributed by atoms with Crippen molar-refractivity contribution in [3.05, 3.63) is 36.0 Å². The Bertz CT molecular complexity index is 581. The van der Waals surface area contributed by atoms with E-state index in [0.717, 1.165) is 12.8 Å². The highest BCUT2D eigenvalue weighted by atomic mass is 16.5. The number of anilines is 1. The molecule has 2 rings (SSSR count). The average Bonchev–Trinajstić information content (AvgIpc) is 2.87. The molecule has 1 aromatic heterocycles. The molecule has 0 fully saturated rings. The molecule has 106 valence electrons. The first-order chi connectivity index (χ1) is 9.69. The summed E-state index contributed by atoms with van der Waals surface area (Å²) in [7, 11) is 0. The minimum Gasteiger partial charge on any atom is -0.506 e. The number of aromatic hydroxyl groups is 1. The van der Waals surface area contributed by atoms with Crippen LogP contribution in [0.1, 0.15) is 31.5 Å². The zero-order valence-electron chi connectivity index (χ0n) is 11.3. The van der Waals surface area contributed by atoms with Gasteiger partial charge in [0.15, 0.2) is 5.82 Å². The van der Waals surface area contributed by atoms with Gasteiger partial charge in [-0.25, -0.2) is 0 Å². The van der Waals surface area contributed by atoms with E-state index in [1.165, 1.54) is 6.07 Å². The molecule has 2 N–H and O–H groups in total. The summed E-state index contributed by atoms with van der Waals surface area (Å²) in [5.74, 6) is 0.968. The molecule has 0 unspecified atom stereocenters. The van der Waals surface area contributed by atoms with Gasteiger partial charge in [-0.2, -0.15) is 4.98 Å². The van der Waals surface area contributed by atoms with E-state index in [1.54, 1.807) is 18.2 Å². The monoisotopic (exact) mass is 275 g/mol. The largest absolute Gasteiger partial charge is 0.506 e. The van der Waals surface area contributed by atoms with Gasteiger partial charge in [0.25, 0.3) is 0 Å². The number of carbonyl (C=O) groups excluding carboxylic acids is 1. The molecule has 0 aliphatic carbocycles. The van der Waals surface area contributed by atoms with Crippen LogP contribution in [-0.2, 0) is 17.6 Å². The lowest BCUT2D eigenvalue weighted by Gasteiger charge is -2.05. The van der Waals surface area contributed by atoms with E-state index >= 15 is 0 Å². The molecule has 0 spiro atoms. The molecule has 0 aliphatic heterocycles. The Morgan fingerprint density at radius 1 is 1.35 bits per heavy atom. The van der Waals surface area contributed by atoms with Gasteiger partial charge in [0.1, 0.15) is 5.75 Å². The van der Waals surface area contributed by atoms with Crippen LogP contribution in [-0.4, -0.2) is 21.2 Å². The second kappa shape index (κ2) is 6.70. The number of nitrogens with zero attached hydrogens (tertiary/aromatic N) is 2. The number of aryl methyl sites for hydroxylation is 2. The van der Waals surface area contributed by atoms with Crippen LogP contribution in [0.4, 0.5) is 5.69 Å². The Morgan fingerprint density at radius 3 is 2.90 bits per heavy atom. The molecule has 6 nitrogen and oxygen atoms in total. The second-order valence-electron chi connectivity index (χ2n) is 4.42. The summed E-state index contributed by atoms with van der Waals surface area (Å²) in [5, 5.41) is 16.0. The fourth-order valence-corrected chi connectivity index (χ4v) is 1.73. The van der Waals surface area contributed by atoms with Crippen molar-refractivity contribution < 1.29 is 14.4 Å². The van der Waals surface area contributed by atoms with Crippen molar-refractivity contribution in [2.45, 2.75) is 32.6 Å². The van der Waals surface area contributed by atoms with Crippen LogP contribution in [0.25, 0.3) is 0 Å². The van der Waals surface area contributed by atoms with E-state index in [1.807, 2.05) is 6.92 Å². The number of aromatic nitrogens is 2. The zero-order valence-corrected chi connectivity index (χ0v) is 11.3. The van der Waals surface area contributed by atoms with E-state index < -0.39 is 0 Å². The van der Waals surface area contributed by atoms with Gasteiger partial charge < -0.3 is 14.9 Å². The van der Waals surface area contributed by atoms with Crippen LogP contribution >= 0.6 is 0 Å². The molecule has 0 aliphatic rings. The SMILES string of the molecule is CCCc1noc(CCC(=O)Nc2ccccc2O)n1. The number of carbonyl (C=O) groups is 1. The lowest BCUT2D eigenvalue weighted by Crippen LogP contribution is -2.12. The van der Waals surface area contributed by atoms with Crippen molar-refractivity contribution in [1.29, 1.82) is 0 Å². The number of nitrogens with one attached hydrogen (secondary N) is 1. The van der Waals surface area contributed by atoms with E-state index in [2.05, 4.69) is 15.5 Å². The van der Waals surface area contributed by atoms with Crippen LogP contribution in [0, 0.1) is 0 Å². The Kier molecular flexibility index (Phi) is 4.70. The zero-order chi connectivity index (χ0) is 14.4. The van der Waals surface area contributed by atoms with Gasteiger partial charge >= 0.3 is 0 Å². The molecular weight excluding hydrogens is 258 g/mol. The average molecular weight is 275 g/mol. The maximum atomic E-state index is 11.8. The van der Waals surface area contributed by atoms with Crippen molar-refractivity contribution in [2.24, 2.45) is 0 Å². The first-order valence-corrected chi connectivity index (χ1v) is 6.58. The Labute approximate surface area is 116 Å². The van der Waals surface area contributed by atoms with Gasteiger partial charge in [-0.05, 0) is 18.6 Å². The summed E-state index contributed by atoms with van der Waals surface area (Å²) in [6.07, 6.45) is 2.33. The van der Waals surface area contributed by atoms with Gasteiger partial charge in [-0.3, -0.25) is 4.79 Å². The summed E-state index contributed by atoms with van der Waals surface area (Å²) in [6.45, 7) is 2.04. The van der Waals surface area contributed by atoms with Crippen LogP contribution in [0.2, 0.25) is 0 Å². The summed E-state index contributed by atoms with van der Waals surface area (Å²) < 4.78 is 5.05. The third-order valence-corrected chi connectivity index (χ3v) is 2.73. The lowest BCUT2D eigenvalue weighted by molar-refractivity contribution is -0.116. The van der Waals surface area contributed by atoms with Crippen molar-refractivity contribution in [1.82, 2.24) is 10.1 Å². The van der Waals surface area contributed by atoms with Gasteiger partial charge in [-0.15, -0.1) is 0 Å². The number of phenolic OH excluding ortho intramolecular Hbond substituents is 1. The normalized spacial score (nSPS) is 10.4. The predicted octanol–water partition coefficient (Wildman–Crippen LogP) is 2.30. The van der Waals surface area contributed by atoms with Crippen molar-refractivity contribution in [2.75, 3.05) is 5.32 Å². The summed E-state index contributed by atoms with van der Waals surface area (Å²) in [5.41, 5.74) is 0.398. The molecule has 20 heavy (non-hydrogen) atoms. The Morgan fingerprint density at radius 2 is 2.15 bits per heavy atom. The predicted molar refractivity (Wildman–Crippen MR) is 73.4 cm³/mol. The summed E-state index contributed by atoms with van der Waals surface area (Å²) in [6, 6.07) is 6.59. The minimum absolute atomic E-state index is 0.0453. The highest BCUT2D eigenvalue weighted by molar-refractivity contribution is 5.92. The van der Waals surface area contributed by atoms with Crippen LogP contribution in [0.15, 0.2) is 28.8 Å². The topological polar surface area (TPSA) is 88.2 Å². The maximum Gasteiger partial charge on any atom is 0.227 e. The molecule has 2 aromatic rings. The first-order valence-electron chi connectivity index (χ1n) is 6.58. The molecule has 0 bridgehead atoms. The highest BCUT2D eigenvalue weighted by Gasteiger charge is 2.10. The maximum absolute atomic E-state index is 11.8. The number of para-hydroxylation sites is 2. The van der Waals surface area contributed by atoms with Gasteiger partial charge in [0.05, 0.1) is 5.69 Å². The Hall–Kier alpha value is -2.37. The van der Waals surface area contributed by atoms with E-state index in [9.17, 15) is 9.90 Å². The van der Waals surface area contributed by atoms with E-state index in [-0.39, 0.29) is 18.1 Å². The molecule has 0 saturated heterocycles. The second-order valence-corrected chi connectivity index (χ2v) is 4.42. The van der Waals surface area contributed by atoms with Crippen LogP contribution in [0.5, 0.6) is 5.75 Å². The number of rotatable bonds is 6. The number of hydrogen-bond acceptors (Lipinski definition) is 5. The van der Waals surface area contributed by atoms with E-state index in [4.69, 9.17) is 4.52 Å². The van der Waals surface area contributed by atoms with E-state index in [0.29, 0.717) is 23.8 Å². The van der Waals surface area contributed by atoms with Gasteiger partial charge in [-0.1, -0.05) is 24.2 Å². The van der Waals surface area contributed by atoms with Crippen molar-refractivity contribution >= 4 is 11.6 Å². The molecule has 0 atom stereocenters. The fraction of sp³-hybridized carbons (Fsp3) is 0.357. The van der Waals surface area contributed by atoms with Gasteiger partial charge in [0, 0.05) is 19.3 Å². The number of benzene rings is 1. The van der Waals surface area contributed by atoms with Crippen LogP contribution < -0.4 is 5.32 Å². The third kappa shape index (κ3) is 3.81. The lowest BCUT2D eigenvalue weighted by atomic mass is 10.2. The summed E-state index contributed by atoms with van der Waals surface area (Å²) >= 11 is 0. The molecule has 6 heteroatoms. The standard InChI is InChI=1S/C14H17N3O3/c1-2-5-12-16-14(20-17-12)9-8-13(19)15-10-6-3-4-7-11(10)18/h3-4,6-7,18H,2,5,8-9H2,1H3,(H,15,19). The molecular formula is C14H17N3O3. The smallest absolute Gasteiger partial charge is 0.227 e. The minimum atomic E-state index is -0.207. The molecule has 1 amide bonds.